The highest BCUT2D eigenvalue weighted by molar-refractivity contribution is 7.99. The van der Waals surface area contributed by atoms with E-state index in [1.54, 1.807) is 12.1 Å². The molecule has 0 aliphatic carbocycles. The summed E-state index contributed by atoms with van der Waals surface area (Å²) in [6.07, 6.45) is -2.73. The minimum atomic E-state index is -1.64. The lowest BCUT2D eigenvalue weighted by atomic mass is 9.97. The molecule has 12 heteroatoms. The number of nitrogens with one attached hydrogen (secondary N) is 1. The Morgan fingerprint density at radius 1 is 1.09 bits per heavy atom. The van der Waals surface area contributed by atoms with Crippen LogP contribution in [0.2, 0.25) is 0 Å². The van der Waals surface area contributed by atoms with Gasteiger partial charge in [0.2, 0.25) is 5.91 Å². The molecule has 2 aromatic carbocycles. The predicted molar refractivity (Wildman–Crippen MR) is 114 cm³/mol. The average Bonchev–Trinajstić information content (AvgIpc) is 2.78. The first-order chi connectivity index (χ1) is 15.6. The molecule has 1 aliphatic rings. The zero-order valence-corrected chi connectivity index (χ0v) is 17.8. The van der Waals surface area contributed by atoms with E-state index in [4.69, 9.17) is 16.2 Å². The van der Waals surface area contributed by atoms with Crippen LogP contribution in [0.3, 0.4) is 0 Å². The van der Waals surface area contributed by atoms with Crippen molar-refractivity contribution in [2.75, 3.05) is 6.61 Å². The zero-order valence-electron chi connectivity index (χ0n) is 17.0. The summed E-state index contributed by atoms with van der Waals surface area (Å²) in [5.41, 5.74) is 9.99. The smallest absolute Gasteiger partial charge is 0.248 e. The second kappa shape index (κ2) is 10.4. The van der Waals surface area contributed by atoms with Crippen molar-refractivity contribution >= 4 is 23.4 Å². The molecular weight excluding hydrogens is 463 g/mol. The van der Waals surface area contributed by atoms with Crippen LogP contribution in [-0.4, -0.2) is 57.6 Å². The lowest BCUT2D eigenvalue weighted by Crippen LogP contribution is -2.62. The van der Waals surface area contributed by atoms with E-state index in [0.29, 0.717) is 17.0 Å². The third-order valence-electron chi connectivity index (χ3n) is 5.00. The van der Waals surface area contributed by atoms with Crippen molar-refractivity contribution in [1.29, 1.82) is 0 Å². The number of carbonyl (C=O) groups is 1. The van der Waals surface area contributed by atoms with Crippen LogP contribution in [0.5, 0.6) is 0 Å². The first kappa shape index (κ1) is 24.9. The summed E-state index contributed by atoms with van der Waals surface area (Å²) in [6, 6.07) is 6.55. The molecule has 0 saturated carbocycles. The molecule has 8 nitrogen and oxygen atoms in total. The van der Waals surface area contributed by atoms with Crippen LogP contribution in [0, 0.1) is 17.5 Å². The number of hydrogen-bond acceptors (Lipinski definition) is 8. The summed E-state index contributed by atoms with van der Waals surface area (Å²) < 4.78 is 45.7. The van der Waals surface area contributed by atoms with Crippen molar-refractivity contribution < 1.29 is 38.0 Å². The van der Waals surface area contributed by atoms with Crippen LogP contribution < -0.4 is 16.8 Å². The monoisotopic (exact) mass is 485 g/mol. The summed E-state index contributed by atoms with van der Waals surface area (Å²) >= 11 is 1.03. The lowest BCUT2D eigenvalue weighted by molar-refractivity contribution is -0.164. The number of aliphatic hydroxyl groups is 3. The van der Waals surface area contributed by atoms with Gasteiger partial charge in [0.05, 0.1) is 18.3 Å². The molecule has 178 valence electrons. The molecule has 0 radical (unpaired) electrons. The number of primary amides is 1. The SMILES string of the molecule is NC(=O)c1cccc(SC2OC(CO)C(O)C(N/C=C(\N)c3cc(F)c(F)c(F)c3)C2O)c1. The molecule has 33 heavy (non-hydrogen) atoms. The molecule has 5 atom stereocenters. The van der Waals surface area contributed by atoms with Crippen LogP contribution in [-0.2, 0) is 4.74 Å². The molecule has 0 spiro atoms. The molecular formula is C21H22F3N3O5S. The maximum absolute atomic E-state index is 13.5. The van der Waals surface area contributed by atoms with Crippen molar-refractivity contribution in [3.63, 3.8) is 0 Å². The number of ether oxygens (including phenoxy) is 1. The van der Waals surface area contributed by atoms with Gasteiger partial charge in [0, 0.05) is 22.2 Å². The van der Waals surface area contributed by atoms with Gasteiger partial charge >= 0.3 is 0 Å². The molecule has 1 saturated heterocycles. The lowest BCUT2D eigenvalue weighted by Gasteiger charge is -2.42. The van der Waals surface area contributed by atoms with Crippen LogP contribution in [0.25, 0.3) is 5.70 Å². The number of nitrogens with two attached hydrogens (primary N) is 2. The number of halogens is 3. The maximum atomic E-state index is 13.5. The normalized spacial score (nSPS) is 25.6. The minimum Gasteiger partial charge on any atom is -0.397 e. The van der Waals surface area contributed by atoms with Gasteiger partial charge in [-0.15, -0.1) is 0 Å². The number of carbonyl (C=O) groups excluding carboxylic acids is 1. The van der Waals surface area contributed by atoms with Crippen molar-refractivity contribution in [3.05, 3.63) is 71.2 Å². The Morgan fingerprint density at radius 2 is 1.76 bits per heavy atom. The molecule has 1 heterocycles. The molecule has 1 fully saturated rings. The molecule has 1 aliphatic heterocycles. The third-order valence-corrected chi connectivity index (χ3v) is 6.15. The van der Waals surface area contributed by atoms with Gasteiger partial charge in [0.1, 0.15) is 23.7 Å². The molecule has 8 N–H and O–H groups in total. The van der Waals surface area contributed by atoms with Gasteiger partial charge in [-0.1, -0.05) is 17.8 Å². The fourth-order valence-electron chi connectivity index (χ4n) is 3.23. The van der Waals surface area contributed by atoms with Gasteiger partial charge in [-0.25, -0.2) is 13.2 Å². The number of benzene rings is 2. The Bertz CT molecular complexity index is 1030. The Hall–Kier alpha value is -2.77. The van der Waals surface area contributed by atoms with Crippen molar-refractivity contribution in [2.24, 2.45) is 11.5 Å². The van der Waals surface area contributed by atoms with Crippen molar-refractivity contribution in [1.82, 2.24) is 5.32 Å². The summed E-state index contributed by atoms with van der Waals surface area (Å²) in [5.74, 6) is -5.13. The highest BCUT2D eigenvalue weighted by Gasteiger charge is 2.44. The minimum absolute atomic E-state index is 0.164. The number of hydrogen-bond donors (Lipinski definition) is 6. The van der Waals surface area contributed by atoms with Gasteiger partial charge < -0.3 is 36.8 Å². The Labute approximate surface area is 191 Å². The standard InChI is InChI=1S/C21H22F3N3O5S/c22-12-5-10(6-13(23)16(12)24)14(25)7-27-17-18(29)15(8-28)32-21(19(17)30)33-11-3-1-2-9(4-11)20(26)31/h1-7,15,17-19,21,27-30H,8,25H2,(H2,26,31)/b14-7-. The number of amides is 1. The van der Waals surface area contributed by atoms with Crippen molar-refractivity contribution in [2.45, 2.75) is 34.7 Å². The summed E-state index contributed by atoms with van der Waals surface area (Å²) in [6.45, 7) is -0.571. The van der Waals surface area contributed by atoms with E-state index in [1.165, 1.54) is 12.1 Å². The fourth-order valence-corrected chi connectivity index (χ4v) is 4.36. The second-order valence-corrected chi connectivity index (χ2v) is 8.43. The quantitative estimate of drug-likeness (QED) is 0.313. The van der Waals surface area contributed by atoms with E-state index < -0.39 is 59.8 Å². The third kappa shape index (κ3) is 5.60. The summed E-state index contributed by atoms with van der Waals surface area (Å²) in [5, 5.41) is 33.5. The highest BCUT2D eigenvalue weighted by Crippen LogP contribution is 2.34. The van der Waals surface area contributed by atoms with E-state index in [1.807, 2.05) is 0 Å². The molecule has 3 rings (SSSR count). The number of thioether (sulfide) groups is 1. The fraction of sp³-hybridized carbons (Fsp3) is 0.286. The van der Waals surface area contributed by atoms with E-state index >= 15 is 0 Å². The van der Waals surface area contributed by atoms with Gasteiger partial charge in [0.25, 0.3) is 0 Å². The first-order valence-corrected chi connectivity index (χ1v) is 10.6. The maximum Gasteiger partial charge on any atom is 0.248 e. The Morgan fingerprint density at radius 3 is 2.36 bits per heavy atom. The predicted octanol–water partition coefficient (Wildman–Crippen LogP) is 0.649. The number of aliphatic hydroxyl groups excluding tert-OH is 3. The molecule has 1 amide bonds. The molecule has 0 aromatic heterocycles. The van der Waals surface area contributed by atoms with Crippen LogP contribution in [0.15, 0.2) is 47.5 Å². The molecule has 5 unspecified atom stereocenters. The van der Waals surface area contributed by atoms with E-state index in [-0.39, 0.29) is 16.8 Å². The Balaban J connectivity index is 1.81. The van der Waals surface area contributed by atoms with E-state index in [2.05, 4.69) is 5.32 Å². The topological polar surface area (TPSA) is 151 Å². The zero-order chi connectivity index (χ0) is 24.3. The van der Waals surface area contributed by atoms with Crippen LogP contribution >= 0.6 is 11.8 Å². The summed E-state index contributed by atoms with van der Waals surface area (Å²) in [4.78, 5) is 11.9. The average molecular weight is 485 g/mol. The van der Waals surface area contributed by atoms with Crippen molar-refractivity contribution in [3.8, 4) is 0 Å². The Kier molecular flexibility index (Phi) is 7.87. The summed E-state index contributed by atoms with van der Waals surface area (Å²) in [7, 11) is 0. The van der Waals surface area contributed by atoms with Crippen LogP contribution in [0.1, 0.15) is 15.9 Å². The first-order valence-electron chi connectivity index (χ1n) is 9.68. The second-order valence-electron chi connectivity index (χ2n) is 7.26. The molecule has 0 bridgehead atoms. The van der Waals surface area contributed by atoms with Crippen LogP contribution in [0.4, 0.5) is 13.2 Å². The number of rotatable bonds is 7. The van der Waals surface area contributed by atoms with Gasteiger partial charge in [0.15, 0.2) is 17.5 Å². The molecule has 2 aromatic rings. The van der Waals surface area contributed by atoms with Gasteiger partial charge in [-0.3, -0.25) is 4.79 Å². The largest absolute Gasteiger partial charge is 0.397 e. The van der Waals surface area contributed by atoms with Gasteiger partial charge in [-0.05, 0) is 30.3 Å². The highest BCUT2D eigenvalue weighted by atomic mass is 32.2. The van der Waals surface area contributed by atoms with E-state index in [9.17, 15) is 33.3 Å². The van der Waals surface area contributed by atoms with E-state index in [0.717, 1.165) is 18.0 Å². The van der Waals surface area contributed by atoms with Gasteiger partial charge in [-0.2, -0.15) is 0 Å².